The minimum Gasteiger partial charge on any atom is -0.380 e. The minimum absolute atomic E-state index is 0.724. The molecule has 0 spiro atoms. The molecule has 2 aromatic carbocycles. The SMILES string of the molecule is Cc1ccc(Br)c(NCc2ccccc2Cl)c1. The predicted molar refractivity (Wildman–Crippen MR) is 77.7 cm³/mol. The summed E-state index contributed by atoms with van der Waals surface area (Å²) in [5.74, 6) is 0. The molecule has 0 amide bonds. The molecule has 88 valence electrons. The van der Waals surface area contributed by atoms with Crippen molar-refractivity contribution in [2.45, 2.75) is 13.5 Å². The monoisotopic (exact) mass is 309 g/mol. The number of halogens is 2. The van der Waals surface area contributed by atoms with Crippen LogP contribution in [0.5, 0.6) is 0 Å². The van der Waals surface area contributed by atoms with Crippen LogP contribution >= 0.6 is 27.5 Å². The first-order chi connectivity index (χ1) is 8.16. The number of hydrogen-bond donors (Lipinski definition) is 1. The van der Waals surface area contributed by atoms with Crippen LogP contribution < -0.4 is 5.32 Å². The third-order valence-electron chi connectivity index (χ3n) is 2.55. The molecule has 0 aliphatic carbocycles. The van der Waals surface area contributed by atoms with Crippen molar-refractivity contribution >= 4 is 33.2 Å². The molecule has 0 aromatic heterocycles. The summed E-state index contributed by atoms with van der Waals surface area (Å²) in [5.41, 5.74) is 3.42. The normalized spacial score (nSPS) is 10.3. The molecule has 0 fully saturated rings. The third kappa shape index (κ3) is 3.24. The van der Waals surface area contributed by atoms with Crippen LogP contribution in [0, 0.1) is 6.92 Å². The van der Waals surface area contributed by atoms with Gasteiger partial charge in [-0.05, 0) is 52.2 Å². The van der Waals surface area contributed by atoms with Gasteiger partial charge >= 0.3 is 0 Å². The first kappa shape index (κ1) is 12.5. The second-order valence-corrected chi connectivity index (χ2v) is 5.19. The zero-order valence-electron chi connectivity index (χ0n) is 9.50. The first-order valence-corrected chi connectivity index (χ1v) is 6.57. The third-order valence-corrected chi connectivity index (χ3v) is 3.61. The topological polar surface area (TPSA) is 12.0 Å². The van der Waals surface area contributed by atoms with Gasteiger partial charge in [0.15, 0.2) is 0 Å². The molecule has 0 heterocycles. The Balaban J connectivity index is 2.12. The maximum absolute atomic E-state index is 6.11. The lowest BCUT2D eigenvalue weighted by atomic mass is 10.2. The molecule has 0 aliphatic heterocycles. The molecule has 3 heteroatoms. The molecule has 0 saturated heterocycles. The van der Waals surface area contributed by atoms with Gasteiger partial charge in [-0.2, -0.15) is 0 Å². The Morgan fingerprint density at radius 3 is 2.71 bits per heavy atom. The molecule has 0 unspecified atom stereocenters. The molecule has 0 aliphatic rings. The lowest BCUT2D eigenvalue weighted by Crippen LogP contribution is -2.00. The van der Waals surface area contributed by atoms with Gasteiger partial charge in [0, 0.05) is 21.7 Å². The predicted octanol–water partition coefficient (Wildman–Crippen LogP) is 5.02. The van der Waals surface area contributed by atoms with E-state index in [2.05, 4.69) is 40.3 Å². The Morgan fingerprint density at radius 2 is 1.94 bits per heavy atom. The molecule has 0 radical (unpaired) electrons. The van der Waals surface area contributed by atoms with E-state index in [0.717, 1.165) is 27.3 Å². The van der Waals surface area contributed by atoms with Crippen LogP contribution in [0.4, 0.5) is 5.69 Å². The molecule has 0 bridgehead atoms. The van der Waals surface area contributed by atoms with Gasteiger partial charge in [0.1, 0.15) is 0 Å². The van der Waals surface area contributed by atoms with Crippen LogP contribution in [0.15, 0.2) is 46.9 Å². The quantitative estimate of drug-likeness (QED) is 0.839. The van der Waals surface area contributed by atoms with Crippen LogP contribution in [-0.2, 0) is 6.54 Å². The maximum atomic E-state index is 6.11. The van der Waals surface area contributed by atoms with Crippen molar-refractivity contribution in [3.63, 3.8) is 0 Å². The Labute approximate surface area is 115 Å². The van der Waals surface area contributed by atoms with Gasteiger partial charge in [0.05, 0.1) is 0 Å². The average molecular weight is 311 g/mol. The zero-order chi connectivity index (χ0) is 12.3. The van der Waals surface area contributed by atoms with E-state index in [1.165, 1.54) is 5.56 Å². The number of anilines is 1. The van der Waals surface area contributed by atoms with Crippen molar-refractivity contribution in [2.75, 3.05) is 5.32 Å². The highest BCUT2D eigenvalue weighted by Gasteiger charge is 2.02. The average Bonchev–Trinajstić information content (AvgIpc) is 2.32. The maximum Gasteiger partial charge on any atom is 0.0489 e. The molecule has 17 heavy (non-hydrogen) atoms. The van der Waals surface area contributed by atoms with Gasteiger partial charge in [-0.15, -0.1) is 0 Å². The van der Waals surface area contributed by atoms with Crippen LogP contribution in [-0.4, -0.2) is 0 Å². The van der Waals surface area contributed by atoms with E-state index in [0.29, 0.717) is 0 Å². The van der Waals surface area contributed by atoms with Crippen molar-refractivity contribution in [1.29, 1.82) is 0 Å². The number of benzene rings is 2. The summed E-state index contributed by atoms with van der Waals surface area (Å²) in [5, 5.41) is 4.17. The van der Waals surface area contributed by atoms with Crippen LogP contribution in [0.3, 0.4) is 0 Å². The van der Waals surface area contributed by atoms with E-state index in [1.807, 2.05) is 30.3 Å². The van der Waals surface area contributed by atoms with Gasteiger partial charge < -0.3 is 5.32 Å². The van der Waals surface area contributed by atoms with Gasteiger partial charge in [-0.1, -0.05) is 35.9 Å². The second kappa shape index (κ2) is 5.56. The van der Waals surface area contributed by atoms with E-state index in [9.17, 15) is 0 Å². The smallest absolute Gasteiger partial charge is 0.0489 e. The summed E-state index contributed by atoms with van der Waals surface area (Å²) >= 11 is 9.64. The molecule has 2 aromatic rings. The van der Waals surface area contributed by atoms with Crippen molar-refractivity contribution in [3.8, 4) is 0 Å². The highest BCUT2D eigenvalue weighted by atomic mass is 79.9. The fourth-order valence-electron chi connectivity index (χ4n) is 1.61. The molecule has 0 saturated carbocycles. The van der Waals surface area contributed by atoms with Gasteiger partial charge in [-0.25, -0.2) is 0 Å². The van der Waals surface area contributed by atoms with Crippen LogP contribution in [0.2, 0.25) is 5.02 Å². The summed E-state index contributed by atoms with van der Waals surface area (Å²) in [4.78, 5) is 0. The van der Waals surface area contributed by atoms with Crippen LogP contribution in [0.1, 0.15) is 11.1 Å². The summed E-state index contributed by atoms with van der Waals surface area (Å²) in [7, 11) is 0. The van der Waals surface area contributed by atoms with E-state index in [1.54, 1.807) is 0 Å². The summed E-state index contributed by atoms with van der Waals surface area (Å²) in [6.07, 6.45) is 0. The first-order valence-electron chi connectivity index (χ1n) is 5.40. The highest BCUT2D eigenvalue weighted by Crippen LogP contribution is 2.25. The highest BCUT2D eigenvalue weighted by molar-refractivity contribution is 9.10. The number of rotatable bonds is 3. The number of hydrogen-bond acceptors (Lipinski definition) is 1. The lowest BCUT2D eigenvalue weighted by molar-refractivity contribution is 1.14. The second-order valence-electron chi connectivity index (χ2n) is 3.93. The summed E-state index contributed by atoms with van der Waals surface area (Å²) in [6, 6.07) is 14.1. The minimum atomic E-state index is 0.724. The zero-order valence-corrected chi connectivity index (χ0v) is 11.8. The summed E-state index contributed by atoms with van der Waals surface area (Å²) < 4.78 is 1.06. The standard InChI is InChI=1S/C14H13BrClN/c1-10-6-7-12(15)14(8-10)17-9-11-4-2-3-5-13(11)16/h2-8,17H,9H2,1H3. The Bertz CT molecular complexity index is 525. The molecular formula is C14H13BrClN. The molecule has 1 N–H and O–H groups in total. The largest absolute Gasteiger partial charge is 0.380 e. The van der Waals surface area contributed by atoms with Crippen molar-refractivity contribution in [3.05, 3.63) is 63.1 Å². The van der Waals surface area contributed by atoms with Gasteiger partial charge in [-0.3, -0.25) is 0 Å². The number of aryl methyl sites for hydroxylation is 1. The fourth-order valence-corrected chi connectivity index (χ4v) is 2.20. The Hall–Kier alpha value is -0.990. The van der Waals surface area contributed by atoms with Crippen molar-refractivity contribution in [2.24, 2.45) is 0 Å². The Morgan fingerprint density at radius 1 is 1.18 bits per heavy atom. The van der Waals surface area contributed by atoms with Crippen molar-refractivity contribution < 1.29 is 0 Å². The van der Waals surface area contributed by atoms with E-state index in [4.69, 9.17) is 11.6 Å². The van der Waals surface area contributed by atoms with Crippen molar-refractivity contribution in [1.82, 2.24) is 0 Å². The summed E-state index contributed by atoms with van der Waals surface area (Å²) in [6.45, 7) is 2.80. The van der Waals surface area contributed by atoms with E-state index in [-0.39, 0.29) is 0 Å². The lowest BCUT2D eigenvalue weighted by Gasteiger charge is -2.10. The molecular weight excluding hydrogens is 298 g/mol. The molecule has 0 atom stereocenters. The van der Waals surface area contributed by atoms with E-state index >= 15 is 0 Å². The van der Waals surface area contributed by atoms with Crippen LogP contribution in [0.25, 0.3) is 0 Å². The van der Waals surface area contributed by atoms with Gasteiger partial charge in [0.2, 0.25) is 0 Å². The van der Waals surface area contributed by atoms with Gasteiger partial charge in [0.25, 0.3) is 0 Å². The molecule has 1 nitrogen and oxygen atoms in total. The number of nitrogens with one attached hydrogen (secondary N) is 1. The van der Waals surface area contributed by atoms with E-state index < -0.39 is 0 Å². The Kier molecular flexibility index (Phi) is 4.08. The molecule has 2 rings (SSSR count). The fraction of sp³-hybridized carbons (Fsp3) is 0.143.